The van der Waals surface area contributed by atoms with Gasteiger partial charge < -0.3 is 15.2 Å². The molecule has 0 aliphatic rings. The molecule has 1 aromatic rings. The lowest BCUT2D eigenvalue weighted by Crippen LogP contribution is -2.32. The van der Waals surface area contributed by atoms with Crippen LogP contribution in [0.15, 0.2) is 18.2 Å². The van der Waals surface area contributed by atoms with E-state index in [9.17, 15) is 5.11 Å². The van der Waals surface area contributed by atoms with Crippen LogP contribution in [0.25, 0.3) is 0 Å². The van der Waals surface area contributed by atoms with Crippen molar-refractivity contribution < 1.29 is 9.84 Å². The van der Waals surface area contributed by atoms with Gasteiger partial charge in [-0.3, -0.25) is 0 Å². The predicted octanol–water partition coefficient (Wildman–Crippen LogP) is 3.13. The Hall–Kier alpha value is -0.920. The van der Waals surface area contributed by atoms with Crippen molar-refractivity contribution in [1.82, 2.24) is 5.32 Å². The van der Waals surface area contributed by atoms with Crippen LogP contribution in [0.1, 0.15) is 19.3 Å². The zero-order chi connectivity index (χ0) is 14.8. The van der Waals surface area contributed by atoms with Crippen molar-refractivity contribution in [3.05, 3.63) is 28.2 Å². The first-order valence-electron chi connectivity index (χ1n) is 6.53. The molecule has 0 aromatic heterocycles. The van der Waals surface area contributed by atoms with Gasteiger partial charge >= 0.3 is 0 Å². The van der Waals surface area contributed by atoms with Gasteiger partial charge in [0.2, 0.25) is 0 Å². The normalized spacial score (nSPS) is 11.9. The van der Waals surface area contributed by atoms with Gasteiger partial charge in [0.25, 0.3) is 0 Å². The molecule has 0 saturated carbocycles. The lowest BCUT2D eigenvalue weighted by Gasteiger charge is -2.13. The fraction of sp³-hybridized carbons (Fsp3) is 0.467. The van der Waals surface area contributed by atoms with Crippen LogP contribution in [0.2, 0.25) is 10.0 Å². The fourth-order valence-electron chi connectivity index (χ4n) is 1.56. The van der Waals surface area contributed by atoms with Gasteiger partial charge in [0.15, 0.2) is 0 Å². The highest BCUT2D eigenvalue weighted by Gasteiger charge is 2.06. The van der Waals surface area contributed by atoms with Crippen molar-refractivity contribution in [2.75, 3.05) is 19.7 Å². The Balaban J connectivity index is 2.15. The standard InChI is InChI=1S/C15H19Cl2NO2/c1-2-3-4-5-8-18-10-12(19)11-20-13-6-7-14(16)15(17)9-13/h1,6-7,9,12,18-19H,3-5,8,10-11H2. The largest absolute Gasteiger partial charge is 0.491 e. The number of aliphatic hydroxyl groups excluding tert-OH is 1. The van der Waals surface area contributed by atoms with Gasteiger partial charge in [-0.05, 0) is 31.5 Å². The number of aliphatic hydroxyl groups is 1. The van der Waals surface area contributed by atoms with Crippen molar-refractivity contribution in [2.45, 2.75) is 25.4 Å². The van der Waals surface area contributed by atoms with E-state index in [-0.39, 0.29) is 6.61 Å². The topological polar surface area (TPSA) is 41.5 Å². The van der Waals surface area contributed by atoms with Crippen molar-refractivity contribution >= 4 is 23.2 Å². The molecule has 0 aliphatic heterocycles. The van der Waals surface area contributed by atoms with E-state index < -0.39 is 6.10 Å². The maximum absolute atomic E-state index is 9.76. The van der Waals surface area contributed by atoms with Crippen LogP contribution in [-0.4, -0.2) is 30.9 Å². The number of hydrogen-bond donors (Lipinski definition) is 2. The Morgan fingerprint density at radius 2 is 2.10 bits per heavy atom. The summed E-state index contributed by atoms with van der Waals surface area (Å²) >= 11 is 11.7. The lowest BCUT2D eigenvalue weighted by atomic mass is 10.2. The van der Waals surface area contributed by atoms with E-state index in [1.165, 1.54) is 0 Å². The van der Waals surface area contributed by atoms with E-state index in [1.807, 2.05) is 0 Å². The van der Waals surface area contributed by atoms with Gasteiger partial charge in [-0.15, -0.1) is 12.3 Å². The van der Waals surface area contributed by atoms with Crippen LogP contribution in [-0.2, 0) is 0 Å². The van der Waals surface area contributed by atoms with Crippen LogP contribution in [0, 0.1) is 12.3 Å². The summed E-state index contributed by atoms with van der Waals surface area (Å²) in [6.07, 6.45) is 7.39. The van der Waals surface area contributed by atoms with Gasteiger partial charge in [-0.25, -0.2) is 0 Å². The molecule has 0 saturated heterocycles. The third kappa shape index (κ3) is 7.02. The van der Waals surface area contributed by atoms with E-state index in [2.05, 4.69) is 11.2 Å². The Labute approximate surface area is 130 Å². The summed E-state index contributed by atoms with van der Waals surface area (Å²) in [5.74, 6) is 3.19. The Morgan fingerprint density at radius 1 is 1.30 bits per heavy atom. The zero-order valence-electron chi connectivity index (χ0n) is 11.2. The first-order chi connectivity index (χ1) is 9.63. The molecule has 1 rings (SSSR count). The summed E-state index contributed by atoms with van der Waals surface area (Å²) in [7, 11) is 0. The van der Waals surface area contributed by atoms with Crippen molar-refractivity contribution in [3.8, 4) is 18.1 Å². The summed E-state index contributed by atoms with van der Waals surface area (Å²) < 4.78 is 5.44. The average Bonchev–Trinajstić information content (AvgIpc) is 2.44. The minimum absolute atomic E-state index is 0.204. The molecular formula is C15H19Cl2NO2. The highest BCUT2D eigenvalue weighted by Crippen LogP contribution is 2.26. The number of rotatable bonds is 9. The first kappa shape index (κ1) is 17.1. The number of halogens is 2. The minimum Gasteiger partial charge on any atom is -0.491 e. The van der Waals surface area contributed by atoms with E-state index in [0.717, 1.165) is 25.8 Å². The molecule has 0 heterocycles. The molecule has 1 unspecified atom stereocenters. The molecule has 0 fully saturated rings. The number of terminal acetylenes is 1. The highest BCUT2D eigenvalue weighted by atomic mass is 35.5. The molecule has 110 valence electrons. The summed E-state index contributed by atoms with van der Waals surface area (Å²) in [4.78, 5) is 0. The summed E-state index contributed by atoms with van der Waals surface area (Å²) in [5, 5.41) is 13.8. The van der Waals surface area contributed by atoms with Gasteiger partial charge in [0, 0.05) is 19.0 Å². The number of nitrogens with one attached hydrogen (secondary N) is 1. The molecule has 0 aliphatic carbocycles. The second-order valence-electron chi connectivity index (χ2n) is 4.41. The first-order valence-corrected chi connectivity index (χ1v) is 7.29. The van der Waals surface area contributed by atoms with Gasteiger partial charge in [0.05, 0.1) is 10.0 Å². The summed E-state index contributed by atoms with van der Waals surface area (Å²) in [5.41, 5.74) is 0. The van der Waals surface area contributed by atoms with Crippen molar-refractivity contribution in [1.29, 1.82) is 0 Å². The molecule has 0 amide bonds. The van der Waals surface area contributed by atoms with Gasteiger partial charge in [-0.1, -0.05) is 23.2 Å². The number of hydrogen-bond acceptors (Lipinski definition) is 3. The maximum Gasteiger partial charge on any atom is 0.121 e. The lowest BCUT2D eigenvalue weighted by molar-refractivity contribution is 0.106. The van der Waals surface area contributed by atoms with E-state index >= 15 is 0 Å². The quantitative estimate of drug-likeness (QED) is 0.543. The van der Waals surface area contributed by atoms with Crippen LogP contribution in [0.5, 0.6) is 5.75 Å². The van der Waals surface area contributed by atoms with E-state index in [4.69, 9.17) is 34.4 Å². The molecule has 5 heteroatoms. The van der Waals surface area contributed by atoms with Crippen LogP contribution >= 0.6 is 23.2 Å². The second-order valence-corrected chi connectivity index (χ2v) is 5.22. The van der Waals surface area contributed by atoms with Crippen LogP contribution < -0.4 is 10.1 Å². The SMILES string of the molecule is C#CCCCCNCC(O)COc1ccc(Cl)c(Cl)c1. The van der Waals surface area contributed by atoms with E-state index in [1.54, 1.807) is 18.2 Å². The molecule has 2 N–H and O–H groups in total. The van der Waals surface area contributed by atoms with Crippen molar-refractivity contribution in [2.24, 2.45) is 0 Å². The molecule has 0 spiro atoms. The number of ether oxygens (including phenoxy) is 1. The highest BCUT2D eigenvalue weighted by molar-refractivity contribution is 6.42. The third-order valence-electron chi connectivity index (χ3n) is 2.64. The number of unbranched alkanes of at least 4 members (excludes halogenated alkanes) is 2. The zero-order valence-corrected chi connectivity index (χ0v) is 12.8. The van der Waals surface area contributed by atoms with Crippen LogP contribution in [0.4, 0.5) is 0 Å². The number of benzene rings is 1. The average molecular weight is 316 g/mol. The fourth-order valence-corrected chi connectivity index (χ4v) is 1.85. The molecular weight excluding hydrogens is 297 g/mol. The molecule has 3 nitrogen and oxygen atoms in total. The van der Waals surface area contributed by atoms with E-state index in [0.29, 0.717) is 22.3 Å². The van der Waals surface area contributed by atoms with Crippen LogP contribution in [0.3, 0.4) is 0 Å². The smallest absolute Gasteiger partial charge is 0.121 e. The summed E-state index contributed by atoms with van der Waals surface area (Å²) in [6.45, 7) is 1.53. The molecule has 20 heavy (non-hydrogen) atoms. The van der Waals surface area contributed by atoms with Gasteiger partial charge in [-0.2, -0.15) is 0 Å². The Kier molecular flexibility index (Phi) is 8.48. The minimum atomic E-state index is -0.572. The predicted molar refractivity (Wildman–Crippen MR) is 83.5 cm³/mol. The monoisotopic (exact) mass is 315 g/mol. The molecule has 1 aromatic carbocycles. The maximum atomic E-state index is 9.76. The second kappa shape index (κ2) is 9.90. The Bertz CT molecular complexity index is 446. The summed E-state index contributed by atoms with van der Waals surface area (Å²) in [6, 6.07) is 5.01. The van der Waals surface area contributed by atoms with Crippen molar-refractivity contribution in [3.63, 3.8) is 0 Å². The third-order valence-corrected chi connectivity index (χ3v) is 3.38. The molecule has 0 radical (unpaired) electrons. The molecule has 1 atom stereocenters. The molecule has 0 bridgehead atoms. The Morgan fingerprint density at radius 3 is 2.80 bits per heavy atom. The van der Waals surface area contributed by atoms with Gasteiger partial charge in [0.1, 0.15) is 18.5 Å².